The van der Waals surface area contributed by atoms with Gasteiger partial charge in [0.05, 0.1) is 22.8 Å². The highest BCUT2D eigenvalue weighted by molar-refractivity contribution is 6.11. The number of para-hydroxylation sites is 4. The molecular formula is C43H37N5. The van der Waals surface area contributed by atoms with E-state index in [-0.39, 0.29) is 6.04 Å². The van der Waals surface area contributed by atoms with Crippen molar-refractivity contribution in [2.24, 2.45) is 4.99 Å². The number of aromatic nitrogens is 2. The second kappa shape index (κ2) is 13.0. The molecule has 5 heteroatoms. The van der Waals surface area contributed by atoms with Crippen LogP contribution in [0, 0.1) is 0 Å². The van der Waals surface area contributed by atoms with Crippen molar-refractivity contribution in [2.75, 3.05) is 4.90 Å². The molecule has 234 valence electrons. The highest BCUT2D eigenvalue weighted by atomic mass is 15.2. The second-order valence-corrected chi connectivity index (χ2v) is 12.3. The van der Waals surface area contributed by atoms with Gasteiger partial charge in [-0.15, -0.1) is 0 Å². The van der Waals surface area contributed by atoms with Gasteiger partial charge in [0.1, 0.15) is 11.7 Å². The number of anilines is 1. The summed E-state index contributed by atoms with van der Waals surface area (Å²) in [5.41, 5.74) is 11.4. The summed E-state index contributed by atoms with van der Waals surface area (Å²) in [5.74, 6) is 1.94. The normalized spacial score (nSPS) is 20.7. The first-order chi connectivity index (χ1) is 23.7. The molecule has 8 rings (SSSR count). The van der Waals surface area contributed by atoms with Gasteiger partial charge in [-0.25, -0.2) is 9.98 Å². The lowest BCUT2D eigenvalue weighted by molar-refractivity contribution is 0.696. The number of imidazole rings is 1. The number of allylic oxidation sites excluding steroid dienone is 11. The first-order valence-electron chi connectivity index (χ1n) is 16.7. The van der Waals surface area contributed by atoms with Crippen molar-refractivity contribution in [3.05, 3.63) is 192 Å². The molecule has 0 saturated carbocycles. The van der Waals surface area contributed by atoms with Crippen LogP contribution in [0.4, 0.5) is 5.69 Å². The minimum absolute atomic E-state index is 0.152. The zero-order valence-corrected chi connectivity index (χ0v) is 26.8. The average molecular weight is 624 g/mol. The van der Waals surface area contributed by atoms with Gasteiger partial charge in [-0.1, -0.05) is 97.6 Å². The Balaban J connectivity index is 1.03. The fourth-order valence-electron chi connectivity index (χ4n) is 6.79. The van der Waals surface area contributed by atoms with Crippen molar-refractivity contribution in [3.63, 3.8) is 0 Å². The van der Waals surface area contributed by atoms with Crippen LogP contribution < -0.4 is 10.2 Å². The van der Waals surface area contributed by atoms with Gasteiger partial charge in [-0.05, 0) is 103 Å². The SMILES string of the molecule is C=C1/C=C\C=C/N(c2ccccc2)C(C2=CC=C(C3C=CC=C(C4=CC=C(c5nc6ccccc6n5-c5ccccc5)CC4)N3)CC2)=N1. The molecule has 1 unspecified atom stereocenters. The summed E-state index contributed by atoms with van der Waals surface area (Å²) in [6.45, 7) is 4.16. The van der Waals surface area contributed by atoms with Crippen molar-refractivity contribution in [2.45, 2.75) is 31.7 Å². The zero-order chi connectivity index (χ0) is 32.3. The van der Waals surface area contributed by atoms with Crippen LogP contribution in [0.2, 0.25) is 0 Å². The number of fused-ring (bicyclic) bond motifs is 1. The van der Waals surface area contributed by atoms with Gasteiger partial charge in [0.25, 0.3) is 0 Å². The Bertz CT molecular complexity index is 2160. The van der Waals surface area contributed by atoms with E-state index >= 15 is 0 Å². The van der Waals surface area contributed by atoms with Crippen LogP contribution in [0.1, 0.15) is 31.5 Å². The largest absolute Gasteiger partial charge is 0.375 e. The number of dihydropyridines is 1. The van der Waals surface area contributed by atoms with Crippen molar-refractivity contribution in [1.29, 1.82) is 0 Å². The Labute approximate surface area is 282 Å². The highest BCUT2D eigenvalue weighted by Gasteiger charge is 2.24. The van der Waals surface area contributed by atoms with E-state index in [0.717, 1.165) is 65.4 Å². The van der Waals surface area contributed by atoms with Crippen molar-refractivity contribution in [3.8, 4) is 5.69 Å². The minimum atomic E-state index is 0.152. The van der Waals surface area contributed by atoms with Crippen LogP contribution in [0.3, 0.4) is 0 Å². The van der Waals surface area contributed by atoms with Crippen LogP contribution in [0.25, 0.3) is 22.3 Å². The molecule has 0 saturated heterocycles. The van der Waals surface area contributed by atoms with Crippen LogP contribution in [-0.2, 0) is 0 Å². The van der Waals surface area contributed by atoms with Gasteiger partial charge < -0.3 is 10.2 Å². The maximum absolute atomic E-state index is 5.09. The van der Waals surface area contributed by atoms with Gasteiger partial charge in [0.15, 0.2) is 0 Å². The van der Waals surface area contributed by atoms with Crippen molar-refractivity contribution < 1.29 is 0 Å². The van der Waals surface area contributed by atoms with E-state index in [9.17, 15) is 0 Å². The van der Waals surface area contributed by atoms with Crippen molar-refractivity contribution >= 4 is 28.1 Å². The third-order valence-electron chi connectivity index (χ3n) is 9.25. The van der Waals surface area contributed by atoms with Gasteiger partial charge in [0.2, 0.25) is 0 Å². The number of hydrogen-bond donors (Lipinski definition) is 1. The average Bonchev–Trinajstić information content (AvgIpc) is 3.54. The van der Waals surface area contributed by atoms with E-state index in [1.165, 1.54) is 28.0 Å². The molecule has 1 aromatic heterocycles. The molecule has 0 fully saturated rings. The molecule has 3 heterocycles. The predicted molar refractivity (Wildman–Crippen MR) is 200 cm³/mol. The van der Waals surface area contributed by atoms with E-state index in [2.05, 4.69) is 149 Å². The third-order valence-corrected chi connectivity index (χ3v) is 9.25. The molecule has 0 spiro atoms. The molecular weight excluding hydrogens is 587 g/mol. The number of nitrogens with zero attached hydrogens (tertiary/aromatic N) is 4. The Morgan fingerprint density at radius 2 is 1.38 bits per heavy atom. The Morgan fingerprint density at radius 1 is 0.667 bits per heavy atom. The monoisotopic (exact) mass is 623 g/mol. The van der Waals surface area contributed by atoms with Gasteiger partial charge in [-0.3, -0.25) is 4.57 Å². The molecule has 4 aliphatic rings. The van der Waals surface area contributed by atoms with E-state index in [0.29, 0.717) is 0 Å². The zero-order valence-electron chi connectivity index (χ0n) is 26.8. The molecule has 0 amide bonds. The maximum atomic E-state index is 5.09. The standard InChI is InChI=1S/C43H37N5/c1-31-13-10-11-30-47(36-14-4-2-5-15-36)42(44-31)34-26-22-32(23-27-34)38-19-12-20-39(45-38)33-24-28-35(29-25-33)43-46-40-18-8-9-21-41(40)48(43)37-16-6-3-7-17-37/h2-22,24,26,28,30,38,45H,1,23,25,27,29H2/b13-10-,30-11-,44-42?. The number of nitrogens with one attached hydrogen (secondary N) is 1. The summed E-state index contributed by atoms with van der Waals surface area (Å²) in [6.07, 6.45) is 27.5. The third kappa shape index (κ3) is 5.87. The molecule has 1 N–H and O–H groups in total. The van der Waals surface area contributed by atoms with Crippen LogP contribution in [0.15, 0.2) is 192 Å². The number of aliphatic imine (C=N–C) groups is 1. The molecule has 5 nitrogen and oxygen atoms in total. The van der Waals surface area contributed by atoms with Crippen LogP contribution in [-0.4, -0.2) is 21.4 Å². The summed E-state index contributed by atoms with van der Waals surface area (Å²) < 4.78 is 2.29. The lowest BCUT2D eigenvalue weighted by Crippen LogP contribution is -2.33. The maximum Gasteiger partial charge on any atom is 0.141 e. The fourth-order valence-corrected chi connectivity index (χ4v) is 6.79. The van der Waals surface area contributed by atoms with Gasteiger partial charge in [0, 0.05) is 23.3 Å². The first-order valence-corrected chi connectivity index (χ1v) is 16.7. The summed E-state index contributed by atoms with van der Waals surface area (Å²) in [4.78, 5) is 12.2. The Morgan fingerprint density at radius 3 is 2.15 bits per heavy atom. The molecule has 2 aliphatic carbocycles. The van der Waals surface area contributed by atoms with E-state index in [1.807, 2.05) is 24.3 Å². The van der Waals surface area contributed by atoms with Crippen LogP contribution >= 0.6 is 0 Å². The lowest BCUT2D eigenvalue weighted by atomic mass is 9.89. The molecule has 3 aromatic carbocycles. The lowest BCUT2D eigenvalue weighted by Gasteiger charge is -2.30. The van der Waals surface area contributed by atoms with E-state index in [1.54, 1.807) is 0 Å². The summed E-state index contributed by atoms with van der Waals surface area (Å²) in [7, 11) is 0. The first kappa shape index (κ1) is 29.5. The second-order valence-electron chi connectivity index (χ2n) is 12.3. The summed E-state index contributed by atoms with van der Waals surface area (Å²) >= 11 is 0. The fraction of sp³-hybridized carbons (Fsp3) is 0.116. The number of hydrogen-bond acceptors (Lipinski definition) is 4. The molecule has 0 bridgehead atoms. The quantitative estimate of drug-likeness (QED) is 0.233. The molecule has 0 radical (unpaired) electrons. The van der Waals surface area contributed by atoms with Gasteiger partial charge >= 0.3 is 0 Å². The molecule has 2 aliphatic heterocycles. The van der Waals surface area contributed by atoms with Crippen molar-refractivity contribution in [1.82, 2.24) is 14.9 Å². The smallest absolute Gasteiger partial charge is 0.141 e. The molecule has 4 aromatic rings. The number of benzene rings is 3. The van der Waals surface area contributed by atoms with Crippen LogP contribution in [0.5, 0.6) is 0 Å². The number of amidine groups is 1. The van der Waals surface area contributed by atoms with E-state index < -0.39 is 0 Å². The molecule has 1 atom stereocenters. The minimum Gasteiger partial charge on any atom is -0.375 e. The topological polar surface area (TPSA) is 45.5 Å². The number of rotatable bonds is 6. The molecule has 48 heavy (non-hydrogen) atoms. The Kier molecular flexibility index (Phi) is 8.01. The summed E-state index contributed by atoms with van der Waals surface area (Å²) in [6, 6.07) is 29.5. The predicted octanol–water partition coefficient (Wildman–Crippen LogP) is 9.69. The Hall–Kier alpha value is -5.94. The highest BCUT2D eigenvalue weighted by Crippen LogP contribution is 2.34. The van der Waals surface area contributed by atoms with Gasteiger partial charge in [-0.2, -0.15) is 0 Å². The summed E-state index contributed by atoms with van der Waals surface area (Å²) in [5, 5.41) is 3.84. The van der Waals surface area contributed by atoms with E-state index in [4.69, 9.17) is 9.98 Å².